The third kappa shape index (κ3) is 5.60. The van der Waals surface area contributed by atoms with Crippen LogP contribution >= 0.6 is 0 Å². The molecule has 194 valence electrons. The number of rotatable bonds is 9. The van der Waals surface area contributed by atoms with Gasteiger partial charge in [-0.25, -0.2) is 9.18 Å². The van der Waals surface area contributed by atoms with Gasteiger partial charge in [0.25, 0.3) is 23.6 Å². The van der Waals surface area contributed by atoms with Gasteiger partial charge in [-0.3, -0.25) is 19.2 Å². The van der Waals surface area contributed by atoms with Crippen molar-refractivity contribution in [3.05, 3.63) is 52.1 Å². The highest BCUT2D eigenvalue weighted by Gasteiger charge is 2.32. The van der Waals surface area contributed by atoms with Gasteiger partial charge in [0, 0.05) is 48.4 Å². The Bertz CT molecular complexity index is 1310. The van der Waals surface area contributed by atoms with E-state index >= 15 is 0 Å². The van der Waals surface area contributed by atoms with Crippen LogP contribution in [0.2, 0.25) is 0 Å². The predicted octanol–water partition coefficient (Wildman–Crippen LogP) is 3.16. The van der Waals surface area contributed by atoms with Crippen LogP contribution in [0.25, 0.3) is 11.6 Å². The third-order valence-electron chi connectivity index (χ3n) is 6.30. The van der Waals surface area contributed by atoms with E-state index in [0.29, 0.717) is 70.2 Å². The number of hydrogen-bond acceptors (Lipinski definition) is 6. The molecule has 4 amide bonds. The lowest BCUT2D eigenvalue weighted by atomic mass is 10.0. The molecule has 1 aromatic carbocycles. The number of benzene rings is 1. The van der Waals surface area contributed by atoms with E-state index in [0.717, 1.165) is 0 Å². The zero-order valence-corrected chi connectivity index (χ0v) is 20.5. The number of anilines is 1. The number of aromatic nitrogens is 1. The highest BCUT2D eigenvalue weighted by Crippen LogP contribution is 2.34. The van der Waals surface area contributed by atoms with Gasteiger partial charge >= 0.3 is 5.97 Å². The monoisotopic (exact) mass is 510 g/mol. The summed E-state index contributed by atoms with van der Waals surface area (Å²) in [6, 6.07) is 4.08. The van der Waals surface area contributed by atoms with E-state index in [4.69, 9.17) is 4.84 Å². The average Bonchev–Trinajstić information content (AvgIpc) is 3.44. The molecule has 0 aliphatic carbocycles. The number of nitrogens with zero attached hydrogens (tertiary/aromatic N) is 1. The summed E-state index contributed by atoms with van der Waals surface area (Å²) in [5, 5.41) is 6.09. The summed E-state index contributed by atoms with van der Waals surface area (Å²) < 4.78 is 13.7. The first-order valence-corrected chi connectivity index (χ1v) is 12.0. The number of hydroxylamine groups is 2. The number of hydrogen-bond donors (Lipinski definition) is 3. The lowest BCUT2D eigenvalue weighted by molar-refractivity contribution is -0.197. The number of aryl methyl sites for hydroxylation is 1. The van der Waals surface area contributed by atoms with Gasteiger partial charge in [-0.2, -0.15) is 0 Å². The lowest BCUT2D eigenvalue weighted by Crippen LogP contribution is -2.32. The summed E-state index contributed by atoms with van der Waals surface area (Å²) in [6.07, 6.45) is 3.49. The molecule has 0 saturated carbocycles. The second-order valence-electron chi connectivity index (χ2n) is 8.98. The number of carbonyl (C=O) groups is 5. The fourth-order valence-corrected chi connectivity index (χ4v) is 4.37. The summed E-state index contributed by atoms with van der Waals surface area (Å²) >= 11 is 0. The van der Waals surface area contributed by atoms with E-state index in [9.17, 15) is 28.4 Å². The zero-order valence-electron chi connectivity index (χ0n) is 20.5. The van der Waals surface area contributed by atoms with E-state index in [-0.39, 0.29) is 31.1 Å². The molecule has 2 aromatic rings. The topological polar surface area (TPSA) is 138 Å². The van der Waals surface area contributed by atoms with Crippen molar-refractivity contribution in [3.8, 4) is 0 Å². The minimum atomic E-state index is -0.644. The minimum absolute atomic E-state index is 0.0497. The molecule has 0 unspecified atom stereocenters. The average molecular weight is 511 g/mol. The second-order valence-corrected chi connectivity index (χ2v) is 8.98. The maximum Gasteiger partial charge on any atom is 0.333 e. The van der Waals surface area contributed by atoms with Crippen LogP contribution < -0.4 is 10.6 Å². The summed E-state index contributed by atoms with van der Waals surface area (Å²) in [4.78, 5) is 68.0. The fraction of sp³-hybridized carbons (Fsp3) is 0.346. The Morgan fingerprint density at radius 1 is 1.11 bits per heavy atom. The molecule has 1 saturated heterocycles. The summed E-state index contributed by atoms with van der Waals surface area (Å²) in [5.74, 6) is -2.74. The van der Waals surface area contributed by atoms with Gasteiger partial charge in [0.1, 0.15) is 5.82 Å². The van der Waals surface area contributed by atoms with Gasteiger partial charge in [0.15, 0.2) is 0 Å². The molecule has 0 spiro atoms. The van der Waals surface area contributed by atoms with Crippen molar-refractivity contribution in [2.75, 3.05) is 11.9 Å². The molecule has 0 atom stereocenters. The molecule has 4 rings (SSSR count). The van der Waals surface area contributed by atoms with Crippen LogP contribution in [0.15, 0.2) is 18.2 Å². The van der Waals surface area contributed by atoms with Crippen molar-refractivity contribution in [1.82, 2.24) is 15.4 Å². The minimum Gasteiger partial charge on any atom is -0.358 e. The molecular weight excluding hydrogens is 483 g/mol. The van der Waals surface area contributed by atoms with Crippen molar-refractivity contribution in [2.45, 2.75) is 52.4 Å². The molecule has 1 fully saturated rings. The normalized spacial score (nSPS) is 15.8. The summed E-state index contributed by atoms with van der Waals surface area (Å²) in [7, 11) is 0. The molecule has 2 aliphatic rings. The quantitative estimate of drug-likeness (QED) is 0.269. The number of unbranched alkanes of at least 4 members (excludes halogenated alkanes) is 2. The Hall–Kier alpha value is -4.28. The zero-order chi connectivity index (χ0) is 26.7. The van der Waals surface area contributed by atoms with Gasteiger partial charge in [-0.05, 0) is 56.5 Å². The van der Waals surface area contributed by atoms with Gasteiger partial charge in [-0.15, -0.1) is 5.06 Å². The van der Waals surface area contributed by atoms with Gasteiger partial charge in [-0.1, -0.05) is 6.42 Å². The second kappa shape index (κ2) is 10.8. The van der Waals surface area contributed by atoms with E-state index in [1.165, 1.54) is 18.2 Å². The Labute approximate surface area is 212 Å². The van der Waals surface area contributed by atoms with E-state index < -0.39 is 23.6 Å². The van der Waals surface area contributed by atoms with Crippen molar-refractivity contribution < 1.29 is 33.2 Å². The molecule has 11 heteroatoms. The molecule has 3 N–H and O–H groups in total. The predicted molar refractivity (Wildman–Crippen MR) is 131 cm³/mol. The first kappa shape index (κ1) is 25.8. The molecule has 2 aliphatic heterocycles. The van der Waals surface area contributed by atoms with E-state index in [1.807, 2.05) is 0 Å². The number of carbonyl (C=O) groups excluding carboxylic acids is 5. The fourth-order valence-electron chi connectivity index (χ4n) is 4.37. The van der Waals surface area contributed by atoms with Crippen LogP contribution in [0.3, 0.4) is 0 Å². The molecule has 1 aromatic heterocycles. The van der Waals surface area contributed by atoms with Crippen LogP contribution in [0.1, 0.15) is 71.4 Å². The van der Waals surface area contributed by atoms with Crippen LogP contribution in [-0.4, -0.2) is 46.2 Å². The molecule has 37 heavy (non-hydrogen) atoms. The smallest absolute Gasteiger partial charge is 0.333 e. The summed E-state index contributed by atoms with van der Waals surface area (Å²) in [6.45, 7) is 3.91. The summed E-state index contributed by atoms with van der Waals surface area (Å²) in [5.41, 5.74) is 3.64. The number of halogens is 1. The van der Waals surface area contributed by atoms with E-state index in [2.05, 4.69) is 15.6 Å². The van der Waals surface area contributed by atoms with Crippen molar-refractivity contribution in [2.24, 2.45) is 0 Å². The highest BCUT2D eigenvalue weighted by molar-refractivity contribution is 6.34. The maximum atomic E-state index is 13.7. The number of H-pyrrole nitrogens is 1. The van der Waals surface area contributed by atoms with Crippen molar-refractivity contribution >= 4 is 46.9 Å². The lowest BCUT2D eigenvalue weighted by Gasteiger charge is -2.12. The van der Waals surface area contributed by atoms with Gasteiger partial charge in [0.05, 0.1) is 11.1 Å². The highest BCUT2D eigenvalue weighted by atomic mass is 19.1. The van der Waals surface area contributed by atoms with E-state index in [1.54, 1.807) is 19.9 Å². The van der Waals surface area contributed by atoms with Crippen LogP contribution in [0.4, 0.5) is 10.1 Å². The standard InChI is InChI=1S/C26H27FN4O6/c1-14-20(13-18-17-12-16(27)7-8-19(17)30-25(18)35)29-15(2)24(14)26(36)28-11-5-3-4-6-23(34)37-31-21(32)9-10-22(31)33/h7-8,12-13,29H,3-6,9-11H2,1-2H3,(H,28,36)(H,30,35)/b18-13-. The molecule has 3 heterocycles. The molecule has 0 bridgehead atoms. The SMILES string of the molecule is Cc1[nH]c(/C=C2\C(=O)Nc3ccc(F)cc32)c(C)c1C(=O)NCCCCCC(=O)ON1C(=O)CCC1=O. The number of aromatic amines is 1. The van der Waals surface area contributed by atoms with Crippen molar-refractivity contribution in [3.63, 3.8) is 0 Å². The number of fused-ring (bicyclic) bond motifs is 1. The van der Waals surface area contributed by atoms with Crippen LogP contribution in [-0.2, 0) is 24.0 Å². The largest absolute Gasteiger partial charge is 0.358 e. The number of imide groups is 1. The molecule has 10 nitrogen and oxygen atoms in total. The molecular formula is C26H27FN4O6. The van der Waals surface area contributed by atoms with Gasteiger partial charge < -0.3 is 20.5 Å². The Morgan fingerprint density at radius 2 is 1.84 bits per heavy atom. The Morgan fingerprint density at radius 3 is 2.57 bits per heavy atom. The molecule has 0 radical (unpaired) electrons. The number of amides is 4. The maximum absolute atomic E-state index is 13.7. The van der Waals surface area contributed by atoms with Crippen LogP contribution in [0.5, 0.6) is 0 Å². The Balaban J connectivity index is 1.28. The third-order valence-corrected chi connectivity index (χ3v) is 6.30. The van der Waals surface area contributed by atoms with Crippen molar-refractivity contribution in [1.29, 1.82) is 0 Å². The van der Waals surface area contributed by atoms with Crippen LogP contribution in [0, 0.1) is 19.7 Å². The number of nitrogens with one attached hydrogen (secondary N) is 3. The first-order valence-electron chi connectivity index (χ1n) is 12.0. The van der Waals surface area contributed by atoms with Gasteiger partial charge in [0.2, 0.25) is 0 Å². The Kier molecular flexibility index (Phi) is 7.51. The first-order chi connectivity index (χ1) is 17.7.